The maximum Gasteiger partial charge on any atom is 0.186 e. The molecular weight excluding hydrogens is 332 g/mol. The summed E-state index contributed by atoms with van der Waals surface area (Å²) in [6.07, 6.45) is -14.0. The van der Waals surface area contributed by atoms with Crippen LogP contribution in [-0.2, 0) is 18.9 Å². The zero-order chi connectivity index (χ0) is 18.0. The van der Waals surface area contributed by atoms with Crippen molar-refractivity contribution >= 4 is 0 Å². The van der Waals surface area contributed by atoms with E-state index >= 15 is 0 Å². The summed E-state index contributed by atoms with van der Waals surface area (Å²) in [6.45, 7) is -0.989. The van der Waals surface area contributed by atoms with E-state index in [1.54, 1.807) is 0 Å². The zero-order valence-electron chi connectivity index (χ0n) is 13.0. The van der Waals surface area contributed by atoms with E-state index in [1.807, 2.05) is 0 Å². The summed E-state index contributed by atoms with van der Waals surface area (Å²) in [4.78, 5) is 0. The minimum Gasteiger partial charge on any atom is -0.394 e. The van der Waals surface area contributed by atoms with Gasteiger partial charge in [0.15, 0.2) is 12.6 Å². The number of methoxy groups -OCH3 is 1. The Morgan fingerprint density at radius 2 is 1.21 bits per heavy atom. The maximum atomic E-state index is 9.91. The van der Waals surface area contributed by atoms with Crippen molar-refractivity contribution < 1.29 is 54.7 Å². The molecule has 0 radical (unpaired) electrons. The predicted octanol–water partition coefficient (Wildman–Crippen LogP) is -4.74. The highest BCUT2D eigenvalue weighted by Gasteiger charge is 2.47. The Morgan fingerprint density at radius 3 is 1.75 bits per heavy atom. The first-order chi connectivity index (χ1) is 11.3. The molecule has 11 nitrogen and oxygen atoms in total. The van der Waals surface area contributed by atoms with E-state index in [2.05, 4.69) is 0 Å². The molecule has 24 heavy (non-hydrogen) atoms. The van der Waals surface area contributed by atoms with Gasteiger partial charge in [-0.3, -0.25) is 0 Å². The predicted molar refractivity (Wildman–Crippen MR) is 73.4 cm³/mol. The molecule has 2 rings (SSSR count). The molecule has 2 saturated heterocycles. The first-order valence-electron chi connectivity index (χ1n) is 7.46. The largest absolute Gasteiger partial charge is 0.394 e. The molecular formula is C13H24O11. The lowest BCUT2D eigenvalue weighted by Crippen LogP contribution is -2.61. The van der Waals surface area contributed by atoms with Crippen molar-refractivity contribution in [1.82, 2.24) is 0 Å². The van der Waals surface area contributed by atoms with Gasteiger partial charge in [0.05, 0.1) is 13.2 Å². The average Bonchev–Trinajstić information content (AvgIpc) is 2.58. The summed E-state index contributed by atoms with van der Waals surface area (Å²) in [6, 6.07) is 0. The van der Waals surface area contributed by atoms with Crippen LogP contribution < -0.4 is 0 Å². The molecule has 0 aliphatic carbocycles. The van der Waals surface area contributed by atoms with Gasteiger partial charge in [-0.05, 0) is 0 Å². The fourth-order valence-corrected chi connectivity index (χ4v) is 2.64. The summed E-state index contributed by atoms with van der Waals surface area (Å²) in [7, 11) is 1.24. The van der Waals surface area contributed by atoms with Crippen LogP contribution in [0.15, 0.2) is 0 Å². The highest BCUT2D eigenvalue weighted by Crippen LogP contribution is 2.25. The number of ether oxygens (including phenoxy) is 4. The normalized spacial score (nSPS) is 50.0. The zero-order valence-corrected chi connectivity index (χ0v) is 13.0. The van der Waals surface area contributed by atoms with Crippen LogP contribution in [0.2, 0.25) is 0 Å². The fourth-order valence-electron chi connectivity index (χ4n) is 2.64. The van der Waals surface area contributed by atoms with Crippen LogP contribution in [0.1, 0.15) is 0 Å². The number of hydrogen-bond acceptors (Lipinski definition) is 11. The van der Waals surface area contributed by atoms with Gasteiger partial charge in [0, 0.05) is 7.11 Å². The van der Waals surface area contributed by atoms with Crippen LogP contribution in [0.25, 0.3) is 0 Å². The number of aliphatic hydroxyl groups excluding tert-OH is 7. The Morgan fingerprint density at radius 1 is 0.708 bits per heavy atom. The van der Waals surface area contributed by atoms with Crippen LogP contribution in [0.5, 0.6) is 0 Å². The molecule has 0 aromatic heterocycles. The quantitative estimate of drug-likeness (QED) is 0.251. The van der Waals surface area contributed by atoms with E-state index in [1.165, 1.54) is 7.11 Å². The molecule has 0 bridgehead atoms. The Balaban J connectivity index is 1.96. The number of hydrogen-bond donors (Lipinski definition) is 7. The minimum absolute atomic E-state index is 0.381. The Hall–Kier alpha value is -0.440. The monoisotopic (exact) mass is 356 g/mol. The summed E-state index contributed by atoms with van der Waals surface area (Å²) in [5, 5.41) is 67.6. The SMILES string of the molecule is CO[C@@H]1OC(CO[C@@H]2OC(CO)[C@H](O)[C@H](O)C2O)[C@H](O)[C@H](O)C1O. The van der Waals surface area contributed by atoms with Crippen LogP contribution in [0.4, 0.5) is 0 Å². The van der Waals surface area contributed by atoms with Gasteiger partial charge in [-0.15, -0.1) is 0 Å². The third-order valence-corrected chi connectivity index (χ3v) is 4.17. The second kappa shape index (κ2) is 8.29. The van der Waals surface area contributed by atoms with E-state index in [0.717, 1.165) is 0 Å². The van der Waals surface area contributed by atoms with Gasteiger partial charge in [-0.1, -0.05) is 0 Å². The van der Waals surface area contributed by atoms with Crippen LogP contribution in [-0.4, -0.2) is 117 Å². The highest BCUT2D eigenvalue weighted by molar-refractivity contribution is 4.91. The Bertz CT molecular complexity index is 356. The summed E-state index contributed by atoms with van der Waals surface area (Å²) in [5.74, 6) is 0. The lowest BCUT2D eigenvalue weighted by molar-refractivity contribution is -0.328. The van der Waals surface area contributed by atoms with Gasteiger partial charge in [-0.25, -0.2) is 0 Å². The third-order valence-electron chi connectivity index (χ3n) is 4.17. The molecule has 2 aliphatic heterocycles. The molecule has 142 valence electrons. The molecule has 2 aliphatic rings. The molecule has 0 aromatic rings. The van der Waals surface area contributed by atoms with Gasteiger partial charge in [0.25, 0.3) is 0 Å². The summed E-state index contributed by atoms with van der Waals surface area (Å²) < 4.78 is 20.5. The smallest absolute Gasteiger partial charge is 0.186 e. The Labute approximate surface area is 137 Å². The minimum atomic E-state index is -1.60. The molecule has 10 atom stereocenters. The molecule has 0 saturated carbocycles. The first-order valence-corrected chi connectivity index (χ1v) is 7.46. The van der Waals surface area contributed by atoms with E-state index in [4.69, 9.17) is 24.1 Å². The molecule has 0 aromatic carbocycles. The van der Waals surface area contributed by atoms with Gasteiger partial charge in [-0.2, -0.15) is 0 Å². The molecule has 0 amide bonds. The third kappa shape index (κ3) is 3.86. The average molecular weight is 356 g/mol. The molecule has 7 N–H and O–H groups in total. The number of rotatable bonds is 5. The van der Waals surface area contributed by atoms with Gasteiger partial charge in [0.2, 0.25) is 0 Å². The second-order valence-corrected chi connectivity index (χ2v) is 5.78. The van der Waals surface area contributed by atoms with Crippen LogP contribution >= 0.6 is 0 Å². The van der Waals surface area contributed by atoms with E-state index in [0.29, 0.717) is 0 Å². The van der Waals surface area contributed by atoms with E-state index in [-0.39, 0.29) is 6.61 Å². The second-order valence-electron chi connectivity index (χ2n) is 5.78. The number of aliphatic hydroxyl groups is 7. The summed E-state index contributed by atoms with van der Waals surface area (Å²) >= 11 is 0. The molecule has 2 fully saturated rings. The molecule has 4 unspecified atom stereocenters. The van der Waals surface area contributed by atoms with Crippen molar-refractivity contribution in [2.24, 2.45) is 0 Å². The van der Waals surface area contributed by atoms with Gasteiger partial charge >= 0.3 is 0 Å². The fraction of sp³-hybridized carbons (Fsp3) is 1.00. The lowest BCUT2D eigenvalue weighted by Gasteiger charge is -2.42. The summed E-state index contributed by atoms with van der Waals surface area (Å²) in [5.41, 5.74) is 0. The van der Waals surface area contributed by atoms with Crippen molar-refractivity contribution in [1.29, 1.82) is 0 Å². The van der Waals surface area contributed by atoms with Crippen molar-refractivity contribution in [3.63, 3.8) is 0 Å². The van der Waals surface area contributed by atoms with Gasteiger partial charge in [0.1, 0.15) is 48.8 Å². The van der Waals surface area contributed by atoms with Crippen molar-refractivity contribution in [2.75, 3.05) is 20.3 Å². The molecule has 2 heterocycles. The standard InChI is InChI=1S/C13H24O11/c1-21-12-10(19)9(18)7(16)5(24-12)3-22-13-11(20)8(17)6(15)4(2-14)23-13/h4-20H,2-3H2,1H3/t4?,5?,6-,7-,8-,9-,10?,11?,12+,13+/m0/s1. The van der Waals surface area contributed by atoms with Gasteiger partial charge < -0.3 is 54.7 Å². The topological polar surface area (TPSA) is 179 Å². The lowest BCUT2D eigenvalue weighted by atomic mass is 9.98. The maximum absolute atomic E-state index is 9.91. The molecule has 0 spiro atoms. The first kappa shape index (κ1) is 19.9. The van der Waals surface area contributed by atoms with E-state index in [9.17, 15) is 30.6 Å². The van der Waals surface area contributed by atoms with E-state index < -0.39 is 68.0 Å². The van der Waals surface area contributed by atoms with Crippen LogP contribution in [0.3, 0.4) is 0 Å². The van der Waals surface area contributed by atoms with Crippen molar-refractivity contribution in [3.8, 4) is 0 Å². The Kier molecular flexibility index (Phi) is 6.87. The van der Waals surface area contributed by atoms with Crippen molar-refractivity contribution in [3.05, 3.63) is 0 Å². The van der Waals surface area contributed by atoms with Crippen molar-refractivity contribution in [2.45, 2.75) is 61.4 Å². The molecule has 11 heteroatoms. The van der Waals surface area contributed by atoms with Crippen LogP contribution in [0, 0.1) is 0 Å². The highest BCUT2D eigenvalue weighted by atomic mass is 16.7.